The van der Waals surface area contributed by atoms with Gasteiger partial charge in [0.25, 0.3) is 15.9 Å². The van der Waals surface area contributed by atoms with Gasteiger partial charge in [-0.3, -0.25) is 4.79 Å². The van der Waals surface area contributed by atoms with Crippen molar-refractivity contribution < 1.29 is 13.2 Å². The Bertz CT molecular complexity index is 1580. The summed E-state index contributed by atoms with van der Waals surface area (Å²) < 4.78 is 28.1. The van der Waals surface area contributed by atoms with Crippen molar-refractivity contribution in [1.82, 2.24) is 19.7 Å². The molecule has 10 heteroatoms. The third-order valence-electron chi connectivity index (χ3n) is 6.64. The van der Waals surface area contributed by atoms with E-state index < -0.39 is 15.9 Å². The number of fused-ring (bicyclic) bond motifs is 1. The van der Waals surface area contributed by atoms with E-state index in [9.17, 15) is 13.2 Å². The summed E-state index contributed by atoms with van der Waals surface area (Å²) in [5.74, 6) is -0.127. The van der Waals surface area contributed by atoms with E-state index in [4.69, 9.17) is 10.7 Å². The van der Waals surface area contributed by atoms with Gasteiger partial charge >= 0.3 is 0 Å². The van der Waals surface area contributed by atoms with Gasteiger partial charge in [0.1, 0.15) is 16.5 Å². The molecule has 36 heavy (non-hydrogen) atoms. The zero-order valence-electron chi connectivity index (χ0n) is 20.3. The minimum atomic E-state index is -4.24. The number of hydrogen-bond donors (Lipinski definition) is 3. The van der Waals surface area contributed by atoms with Crippen molar-refractivity contribution in [2.75, 3.05) is 17.2 Å². The summed E-state index contributed by atoms with van der Waals surface area (Å²) in [4.78, 5) is 27.2. The van der Waals surface area contributed by atoms with Crippen LogP contribution < -0.4 is 15.4 Å². The van der Waals surface area contributed by atoms with Crippen LogP contribution in [0.15, 0.2) is 65.8 Å². The van der Waals surface area contributed by atoms with Crippen molar-refractivity contribution >= 4 is 38.5 Å². The summed E-state index contributed by atoms with van der Waals surface area (Å²) in [5, 5.41) is 1.01. The van der Waals surface area contributed by atoms with Gasteiger partial charge in [0.15, 0.2) is 0 Å². The molecule has 3 aromatic heterocycles. The second-order valence-electron chi connectivity index (χ2n) is 9.87. The highest BCUT2D eigenvalue weighted by molar-refractivity contribution is 7.90. The summed E-state index contributed by atoms with van der Waals surface area (Å²) >= 11 is 0. The molecule has 5 rings (SSSR count). The fraction of sp³-hybridized carbons (Fsp3) is 0.269. The second-order valence-corrected chi connectivity index (χ2v) is 11.5. The van der Waals surface area contributed by atoms with Crippen LogP contribution in [-0.4, -0.2) is 41.4 Å². The predicted octanol–water partition coefficient (Wildman–Crippen LogP) is 3.95. The standard InChI is InChI=1S/C26H28N6O3S/c1-16-14-26(2,3)32(15-16)24-19(25(33)31-36(34,35)22-8-5-12-29-23(22)27)9-10-21(30-24)17-6-4-7-20-18(17)11-13-28-20/h4-13,16,28H,14-15H2,1-3H3,(H2,27,29)(H,31,33)/t16-/m1/s1. The van der Waals surface area contributed by atoms with Crippen LogP contribution in [0.5, 0.6) is 0 Å². The Balaban J connectivity index is 1.61. The number of nitrogen functional groups attached to an aromatic ring is 1. The van der Waals surface area contributed by atoms with Crippen molar-refractivity contribution in [1.29, 1.82) is 0 Å². The highest BCUT2D eigenvalue weighted by Gasteiger charge is 2.39. The third kappa shape index (κ3) is 4.17. The van der Waals surface area contributed by atoms with Gasteiger partial charge in [-0.25, -0.2) is 23.1 Å². The predicted molar refractivity (Wildman–Crippen MR) is 140 cm³/mol. The van der Waals surface area contributed by atoms with E-state index in [1.165, 1.54) is 18.3 Å². The zero-order chi connectivity index (χ0) is 25.7. The van der Waals surface area contributed by atoms with Crippen molar-refractivity contribution in [2.24, 2.45) is 5.92 Å². The van der Waals surface area contributed by atoms with Crippen LogP contribution in [0.25, 0.3) is 22.2 Å². The molecule has 9 nitrogen and oxygen atoms in total. The number of nitrogens with two attached hydrogens (primary N) is 1. The lowest BCUT2D eigenvalue weighted by Crippen LogP contribution is -2.41. The number of sulfonamides is 1. The number of hydrogen-bond acceptors (Lipinski definition) is 7. The SMILES string of the molecule is C[C@H]1CN(c2nc(-c3cccc4[nH]ccc34)ccc2C(=O)NS(=O)(=O)c2cccnc2N)C(C)(C)C1. The molecule has 0 spiro atoms. The Morgan fingerprint density at radius 3 is 2.69 bits per heavy atom. The molecule has 0 saturated carbocycles. The average molecular weight is 505 g/mol. The number of aromatic nitrogens is 3. The summed E-state index contributed by atoms with van der Waals surface area (Å²) in [6.45, 7) is 7.06. The van der Waals surface area contributed by atoms with Gasteiger partial charge in [0, 0.05) is 40.9 Å². The molecule has 0 radical (unpaired) electrons. The number of rotatable bonds is 5. The van der Waals surface area contributed by atoms with E-state index >= 15 is 0 Å². The maximum Gasteiger partial charge on any atom is 0.268 e. The number of benzene rings is 1. The number of H-pyrrole nitrogens is 1. The summed E-state index contributed by atoms with van der Waals surface area (Å²) in [6, 6.07) is 14.0. The molecule has 1 aromatic carbocycles. The minimum Gasteiger partial charge on any atom is -0.383 e. The number of carbonyl (C=O) groups is 1. The molecule has 0 aliphatic carbocycles. The van der Waals surface area contributed by atoms with E-state index in [2.05, 4.69) is 40.4 Å². The van der Waals surface area contributed by atoms with Gasteiger partial charge in [-0.15, -0.1) is 0 Å². The molecule has 186 valence electrons. The van der Waals surface area contributed by atoms with Crippen LogP contribution >= 0.6 is 0 Å². The molecule has 0 unspecified atom stereocenters. The van der Waals surface area contributed by atoms with Crippen LogP contribution in [0.1, 0.15) is 37.6 Å². The lowest BCUT2D eigenvalue weighted by atomic mass is 9.97. The molecule has 4 heterocycles. The molecule has 1 atom stereocenters. The first kappa shape index (κ1) is 23.8. The van der Waals surface area contributed by atoms with E-state index in [1.54, 1.807) is 12.1 Å². The van der Waals surface area contributed by atoms with Gasteiger partial charge in [-0.2, -0.15) is 0 Å². The fourth-order valence-corrected chi connectivity index (χ4v) is 6.16. The van der Waals surface area contributed by atoms with Crippen molar-refractivity contribution in [2.45, 2.75) is 37.6 Å². The highest BCUT2D eigenvalue weighted by atomic mass is 32.2. The molecule has 0 bridgehead atoms. The molecule has 1 amide bonds. The van der Waals surface area contributed by atoms with Crippen LogP contribution in [0.2, 0.25) is 0 Å². The lowest BCUT2D eigenvalue weighted by molar-refractivity contribution is 0.0981. The average Bonchev–Trinajstić information content (AvgIpc) is 3.41. The van der Waals surface area contributed by atoms with Gasteiger partial charge in [-0.1, -0.05) is 19.1 Å². The molecule has 1 fully saturated rings. The Morgan fingerprint density at radius 2 is 1.97 bits per heavy atom. The van der Waals surface area contributed by atoms with E-state index in [1.807, 2.05) is 30.5 Å². The summed E-state index contributed by atoms with van der Waals surface area (Å²) in [7, 11) is -4.24. The maximum absolute atomic E-state index is 13.4. The molecule has 1 aliphatic heterocycles. The van der Waals surface area contributed by atoms with E-state index in [0.717, 1.165) is 22.9 Å². The van der Waals surface area contributed by atoms with Gasteiger partial charge in [0.2, 0.25) is 0 Å². The van der Waals surface area contributed by atoms with Gasteiger partial charge < -0.3 is 15.6 Å². The monoisotopic (exact) mass is 504 g/mol. The Hall–Kier alpha value is -3.92. The van der Waals surface area contributed by atoms with Crippen molar-refractivity contribution in [3.8, 4) is 11.3 Å². The first-order valence-electron chi connectivity index (χ1n) is 11.7. The highest BCUT2D eigenvalue weighted by Crippen LogP contribution is 2.39. The topological polar surface area (TPSA) is 134 Å². The number of aromatic amines is 1. The largest absolute Gasteiger partial charge is 0.383 e. The van der Waals surface area contributed by atoms with Crippen LogP contribution in [-0.2, 0) is 10.0 Å². The van der Waals surface area contributed by atoms with Crippen LogP contribution in [0.3, 0.4) is 0 Å². The Kier molecular flexibility index (Phi) is 5.71. The Morgan fingerprint density at radius 1 is 1.17 bits per heavy atom. The van der Waals surface area contributed by atoms with Crippen molar-refractivity contribution in [3.63, 3.8) is 0 Å². The molecular weight excluding hydrogens is 476 g/mol. The number of pyridine rings is 2. The van der Waals surface area contributed by atoms with Gasteiger partial charge in [0.05, 0.1) is 11.3 Å². The van der Waals surface area contributed by atoms with Crippen LogP contribution in [0.4, 0.5) is 11.6 Å². The number of nitrogens with one attached hydrogen (secondary N) is 2. The quantitative estimate of drug-likeness (QED) is 0.375. The first-order valence-corrected chi connectivity index (χ1v) is 13.2. The smallest absolute Gasteiger partial charge is 0.268 e. The van der Waals surface area contributed by atoms with Crippen molar-refractivity contribution in [3.05, 3.63) is 66.5 Å². The molecular formula is C26H28N6O3S. The molecule has 4 N–H and O–H groups in total. The van der Waals surface area contributed by atoms with Crippen LogP contribution in [0, 0.1) is 5.92 Å². The number of carbonyl (C=O) groups excluding carboxylic acids is 1. The number of nitrogens with zero attached hydrogens (tertiary/aromatic N) is 3. The normalized spacial score (nSPS) is 17.4. The number of amides is 1. The number of anilines is 2. The molecule has 4 aromatic rings. The summed E-state index contributed by atoms with van der Waals surface area (Å²) in [6.07, 6.45) is 4.17. The summed E-state index contributed by atoms with van der Waals surface area (Å²) in [5.41, 5.74) is 8.26. The van der Waals surface area contributed by atoms with Gasteiger partial charge in [-0.05, 0) is 62.6 Å². The fourth-order valence-electron chi connectivity index (χ4n) is 5.11. The van der Waals surface area contributed by atoms with E-state index in [-0.39, 0.29) is 21.8 Å². The lowest BCUT2D eigenvalue weighted by Gasteiger charge is -2.34. The zero-order valence-corrected chi connectivity index (χ0v) is 21.1. The third-order valence-corrected chi connectivity index (χ3v) is 8.01. The first-order chi connectivity index (χ1) is 17.1. The molecule has 1 saturated heterocycles. The molecule has 1 aliphatic rings. The minimum absolute atomic E-state index is 0.174. The second kappa shape index (κ2) is 8.63. The van der Waals surface area contributed by atoms with E-state index in [0.29, 0.717) is 24.0 Å². The maximum atomic E-state index is 13.4. The Labute approximate surface area is 209 Å².